The first-order valence-electron chi connectivity index (χ1n) is 4.42. The average molecular weight is 167 g/mol. The Morgan fingerprint density at radius 2 is 2.42 bits per heavy atom. The molecule has 0 aromatic heterocycles. The Hall–Kier alpha value is -0.830. The Morgan fingerprint density at radius 1 is 1.58 bits per heavy atom. The highest BCUT2D eigenvalue weighted by atomic mass is 16.3. The molecule has 2 aliphatic rings. The molecule has 1 aliphatic heterocycles. The van der Waals surface area contributed by atoms with Gasteiger partial charge in [-0.3, -0.25) is 4.79 Å². The topological polar surface area (TPSA) is 40.5 Å². The Kier molecular flexibility index (Phi) is 1.89. The van der Waals surface area contributed by atoms with Crippen molar-refractivity contribution in [3.05, 3.63) is 12.2 Å². The zero-order valence-electron chi connectivity index (χ0n) is 6.94. The molecule has 0 radical (unpaired) electrons. The van der Waals surface area contributed by atoms with Crippen LogP contribution in [-0.4, -0.2) is 35.1 Å². The Balaban J connectivity index is 1.99. The molecule has 0 saturated carbocycles. The molecular formula is C9H13NO2. The molecule has 1 saturated heterocycles. The van der Waals surface area contributed by atoms with Crippen LogP contribution < -0.4 is 0 Å². The van der Waals surface area contributed by atoms with E-state index < -0.39 is 0 Å². The van der Waals surface area contributed by atoms with E-state index in [0.29, 0.717) is 19.0 Å². The predicted octanol–water partition coefficient (Wildman–Crippen LogP) is 0.156. The quantitative estimate of drug-likeness (QED) is 0.608. The van der Waals surface area contributed by atoms with Crippen molar-refractivity contribution in [1.29, 1.82) is 0 Å². The molecule has 0 aromatic rings. The molecule has 2 rings (SSSR count). The van der Waals surface area contributed by atoms with E-state index in [0.717, 1.165) is 6.42 Å². The lowest BCUT2D eigenvalue weighted by atomic mass is 10.1. The molecule has 1 fully saturated rings. The SMILES string of the molecule is O=C1C2C=CC(C2)N1CCCO. The lowest BCUT2D eigenvalue weighted by molar-refractivity contribution is -0.131. The lowest BCUT2D eigenvalue weighted by Gasteiger charge is -2.23. The molecule has 2 bridgehead atoms. The Labute approximate surface area is 71.7 Å². The number of fused-ring (bicyclic) bond motifs is 2. The van der Waals surface area contributed by atoms with Crippen molar-refractivity contribution in [2.75, 3.05) is 13.2 Å². The fourth-order valence-electron chi connectivity index (χ4n) is 1.99. The van der Waals surface area contributed by atoms with Crippen molar-refractivity contribution in [3.63, 3.8) is 0 Å². The van der Waals surface area contributed by atoms with E-state index in [1.54, 1.807) is 0 Å². The zero-order chi connectivity index (χ0) is 8.55. The van der Waals surface area contributed by atoms with Gasteiger partial charge in [-0.15, -0.1) is 0 Å². The van der Waals surface area contributed by atoms with Crippen molar-refractivity contribution < 1.29 is 9.90 Å². The van der Waals surface area contributed by atoms with E-state index in [2.05, 4.69) is 6.08 Å². The maximum absolute atomic E-state index is 11.5. The van der Waals surface area contributed by atoms with Gasteiger partial charge in [0.25, 0.3) is 0 Å². The molecule has 0 spiro atoms. The van der Waals surface area contributed by atoms with Crippen LogP contribution in [0.2, 0.25) is 0 Å². The molecule has 12 heavy (non-hydrogen) atoms. The van der Waals surface area contributed by atoms with Gasteiger partial charge in [0, 0.05) is 13.2 Å². The van der Waals surface area contributed by atoms with Crippen molar-refractivity contribution in [2.24, 2.45) is 5.92 Å². The first-order valence-corrected chi connectivity index (χ1v) is 4.42. The predicted molar refractivity (Wildman–Crippen MR) is 44.5 cm³/mol. The number of likely N-dealkylation sites (tertiary alicyclic amines) is 1. The lowest BCUT2D eigenvalue weighted by Crippen LogP contribution is -2.35. The maximum Gasteiger partial charge on any atom is 0.230 e. The fraction of sp³-hybridized carbons (Fsp3) is 0.667. The fourth-order valence-corrected chi connectivity index (χ4v) is 1.99. The summed E-state index contributed by atoms with van der Waals surface area (Å²) < 4.78 is 0. The van der Waals surface area contributed by atoms with Gasteiger partial charge in [0.1, 0.15) is 0 Å². The molecule has 3 nitrogen and oxygen atoms in total. The number of aliphatic hydroxyl groups excluding tert-OH is 1. The molecule has 3 heteroatoms. The third-order valence-electron chi connectivity index (χ3n) is 2.62. The minimum atomic E-state index is 0.147. The zero-order valence-corrected chi connectivity index (χ0v) is 6.94. The van der Waals surface area contributed by atoms with Gasteiger partial charge in [-0.25, -0.2) is 0 Å². The van der Waals surface area contributed by atoms with Gasteiger partial charge in [-0.1, -0.05) is 12.2 Å². The molecular weight excluding hydrogens is 154 g/mol. The van der Waals surface area contributed by atoms with Gasteiger partial charge in [-0.2, -0.15) is 0 Å². The summed E-state index contributed by atoms with van der Waals surface area (Å²) in [7, 11) is 0. The normalized spacial score (nSPS) is 32.1. The highest BCUT2D eigenvalue weighted by Crippen LogP contribution is 2.32. The monoisotopic (exact) mass is 167 g/mol. The van der Waals surface area contributed by atoms with Crippen LogP contribution in [-0.2, 0) is 4.79 Å². The second kappa shape index (κ2) is 2.90. The summed E-state index contributed by atoms with van der Waals surface area (Å²) in [5.41, 5.74) is 0. The molecule has 1 amide bonds. The van der Waals surface area contributed by atoms with Crippen LogP contribution in [0.1, 0.15) is 12.8 Å². The highest BCUT2D eigenvalue weighted by Gasteiger charge is 2.40. The van der Waals surface area contributed by atoms with E-state index in [4.69, 9.17) is 5.11 Å². The van der Waals surface area contributed by atoms with Crippen molar-refractivity contribution >= 4 is 5.91 Å². The van der Waals surface area contributed by atoms with Crippen LogP contribution in [0.5, 0.6) is 0 Å². The van der Waals surface area contributed by atoms with Crippen LogP contribution in [0.15, 0.2) is 12.2 Å². The minimum Gasteiger partial charge on any atom is -0.396 e. The van der Waals surface area contributed by atoms with Gasteiger partial charge < -0.3 is 10.0 Å². The van der Waals surface area contributed by atoms with Crippen molar-refractivity contribution in [1.82, 2.24) is 4.90 Å². The summed E-state index contributed by atoms with van der Waals surface area (Å²) in [4.78, 5) is 13.3. The van der Waals surface area contributed by atoms with Crippen LogP contribution in [0, 0.1) is 5.92 Å². The summed E-state index contributed by atoms with van der Waals surface area (Å²) in [5, 5.41) is 8.63. The van der Waals surface area contributed by atoms with E-state index in [-0.39, 0.29) is 18.4 Å². The molecule has 1 N–H and O–H groups in total. The highest BCUT2D eigenvalue weighted by molar-refractivity contribution is 5.85. The van der Waals surface area contributed by atoms with Gasteiger partial charge in [-0.05, 0) is 12.8 Å². The van der Waals surface area contributed by atoms with Gasteiger partial charge >= 0.3 is 0 Å². The number of amides is 1. The van der Waals surface area contributed by atoms with Crippen LogP contribution in [0.4, 0.5) is 0 Å². The number of carbonyl (C=O) groups excluding carboxylic acids is 1. The van der Waals surface area contributed by atoms with Crippen LogP contribution >= 0.6 is 0 Å². The summed E-state index contributed by atoms with van der Waals surface area (Å²) >= 11 is 0. The second-order valence-corrected chi connectivity index (χ2v) is 3.40. The largest absolute Gasteiger partial charge is 0.396 e. The smallest absolute Gasteiger partial charge is 0.230 e. The molecule has 1 heterocycles. The Morgan fingerprint density at radius 3 is 3.00 bits per heavy atom. The summed E-state index contributed by atoms with van der Waals surface area (Å²) in [5.74, 6) is 0.393. The third kappa shape index (κ3) is 1.05. The summed E-state index contributed by atoms with van der Waals surface area (Å²) in [6.45, 7) is 0.881. The first-order chi connectivity index (χ1) is 5.83. The number of nitrogens with zero attached hydrogens (tertiary/aromatic N) is 1. The Bertz CT molecular complexity index is 225. The maximum atomic E-state index is 11.5. The molecule has 2 unspecified atom stereocenters. The van der Waals surface area contributed by atoms with E-state index in [9.17, 15) is 4.79 Å². The van der Waals surface area contributed by atoms with Crippen molar-refractivity contribution in [3.8, 4) is 0 Å². The second-order valence-electron chi connectivity index (χ2n) is 3.40. The van der Waals surface area contributed by atoms with Crippen molar-refractivity contribution in [2.45, 2.75) is 18.9 Å². The van der Waals surface area contributed by atoms with Gasteiger partial charge in [0.15, 0.2) is 0 Å². The summed E-state index contributed by atoms with van der Waals surface area (Å²) in [6.07, 6.45) is 5.76. The van der Waals surface area contributed by atoms with E-state index >= 15 is 0 Å². The number of rotatable bonds is 3. The van der Waals surface area contributed by atoms with E-state index in [1.165, 1.54) is 0 Å². The number of aliphatic hydroxyl groups is 1. The molecule has 66 valence electrons. The number of hydrogen-bond donors (Lipinski definition) is 1. The molecule has 0 aromatic carbocycles. The van der Waals surface area contributed by atoms with E-state index in [1.807, 2.05) is 11.0 Å². The minimum absolute atomic E-state index is 0.147. The van der Waals surface area contributed by atoms with Gasteiger partial charge in [0.2, 0.25) is 5.91 Å². The van der Waals surface area contributed by atoms with Gasteiger partial charge in [0.05, 0.1) is 12.0 Å². The standard InChI is InChI=1S/C9H13NO2/c11-5-1-4-10-8-3-2-7(6-8)9(10)12/h2-3,7-8,11H,1,4-6H2. The average Bonchev–Trinajstić information content (AvgIpc) is 2.62. The molecule has 1 aliphatic carbocycles. The summed E-state index contributed by atoms with van der Waals surface area (Å²) in [6, 6.07) is 0.328. The number of carbonyl (C=O) groups is 1. The van der Waals surface area contributed by atoms with Crippen LogP contribution in [0.25, 0.3) is 0 Å². The third-order valence-corrected chi connectivity index (χ3v) is 2.62. The molecule has 2 atom stereocenters. The first kappa shape index (κ1) is 7.80. The number of hydrogen-bond acceptors (Lipinski definition) is 2. The van der Waals surface area contributed by atoms with Crippen LogP contribution in [0.3, 0.4) is 0 Å².